The molecule has 0 radical (unpaired) electrons. The van der Waals surface area contributed by atoms with Gasteiger partial charge in [-0.25, -0.2) is 14.6 Å². The van der Waals surface area contributed by atoms with E-state index in [-0.39, 0.29) is 5.91 Å². The molecule has 0 aliphatic heterocycles. The molecule has 2 aromatic heterocycles. The maximum absolute atomic E-state index is 12.6. The maximum Gasteiger partial charge on any atom is 0.273 e. The summed E-state index contributed by atoms with van der Waals surface area (Å²) in [6.07, 6.45) is 5.32. The number of amides is 1. The van der Waals surface area contributed by atoms with Gasteiger partial charge in [-0.05, 0) is 36.8 Å². The van der Waals surface area contributed by atoms with Crippen molar-refractivity contribution in [2.24, 2.45) is 0 Å². The molecule has 0 fully saturated rings. The number of carbonyl (C=O) groups is 1. The molecule has 3 rings (SSSR count). The van der Waals surface area contributed by atoms with E-state index in [0.29, 0.717) is 28.8 Å². The first-order valence-corrected chi connectivity index (χ1v) is 10.4. The second kappa shape index (κ2) is 9.61. The second-order valence-electron chi connectivity index (χ2n) is 5.70. The van der Waals surface area contributed by atoms with E-state index in [1.807, 2.05) is 24.3 Å². The van der Waals surface area contributed by atoms with Gasteiger partial charge in [0.1, 0.15) is 0 Å². The Morgan fingerprint density at radius 1 is 1.22 bits per heavy atom. The first-order valence-electron chi connectivity index (χ1n) is 8.57. The van der Waals surface area contributed by atoms with E-state index in [9.17, 15) is 4.79 Å². The van der Waals surface area contributed by atoms with Crippen molar-refractivity contribution in [3.05, 3.63) is 58.6 Å². The lowest BCUT2D eigenvalue weighted by molar-refractivity contribution is 0.0947. The van der Waals surface area contributed by atoms with Crippen molar-refractivity contribution in [2.75, 3.05) is 6.54 Å². The third-order valence-electron chi connectivity index (χ3n) is 3.75. The Labute approximate surface area is 170 Å². The first-order chi connectivity index (χ1) is 13.2. The summed E-state index contributed by atoms with van der Waals surface area (Å²) in [7, 11) is 0. The van der Waals surface area contributed by atoms with Gasteiger partial charge in [0.15, 0.2) is 10.9 Å². The fourth-order valence-electron chi connectivity index (χ4n) is 2.35. The minimum Gasteiger partial charge on any atom is -0.351 e. The van der Waals surface area contributed by atoms with Crippen LogP contribution >= 0.6 is 27.7 Å². The van der Waals surface area contributed by atoms with Crippen LogP contribution in [0, 0.1) is 0 Å². The average Bonchev–Trinajstić information content (AvgIpc) is 3.12. The number of benzene rings is 1. The number of thioether (sulfide) groups is 1. The predicted molar refractivity (Wildman–Crippen MR) is 108 cm³/mol. The largest absolute Gasteiger partial charge is 0.351 e. The molecule has 1 aromatic carbocycles. The Hall–Kier alpha value is -2.26. The molecule has 0 bridgehead atoms. The first kappa shape index (κ1) is 19.5. The molecule has 0 saturated heterocycles. The zero-order chi connectivity index (χ0) is 19.1. The van der Waals surface area contributed by atoms with Gasteiger partial charge in [0.2, 0.25) is 0 Å². The van der Waals surface area contributed by atoms with Crippen molar-refractivity contribution in [2.45, 2.75) is 30.7 Å². The molecule has 27 heavy (non-hydrogen) atoms. The van der Waals surface area contributed by atoms with Gasteiger partial charge in [0, 0.05) is 29.2 Å². The number of nitrogens with zero attached hydrogens (tertiary/aromatic N) is 5. The highest BCUT2D eigenvalue weighted by Crippen LogP contribution is 2.23. The van der Waals surface area contributed by atoms with E-state index in [1.54, 1.807) is 23.1 Å². The molecule has 0 saturated carbocycles. The number of nitrogens with one attached hydrogen (secondary N) is 1. The highest BCUT2D eigenvalue weighted by Gasteiger charge is 2.21. The lowest BCUT2D eigenvalue weighted by Gasteiger charge is -2.08. The molecule has 0 aliphatic rings. The Kier molecular flexibility index (Phi) is 6.94. The van der Waals surface area contributed by atoms with Crippen LogP contribution < -0.4 is 5.32 Å². The fourth-order valence-corrected chi connectivity index (χ4v) is 3.41. The monoisotopic (exact) mass is 446 g/mol. The third-order valence-corrected chi connectivity index (χ3v) is 5.16. The zero-order valence-electron chi connectivity index (χ0n) is 14.8. The van der Waals surface area contributed by atoms with Gasteiger partial charge in [-0.3, -0.25) is 4.79 Å². The summed E-state index contributed by atoms with van der Waals surface area (Å²) >= 11 is 4.87. The standard InChI is InChI=1S/C18H19BrN6OS/c1-2-3-9-20-17(26)16-15(12-27-18-21-10-4-11-22-18)25(24-23-16)14-7-5-13(19)6-8-14/h4-8,10-11H,2-3,9,12H2,1H3,(H,20,26). The van der Waals surface area contributed by atoms with Crippen LogP contribution in [0.25, 0.3) is 5.69 Å². The summed E-state index contributed by atoms with van der Waals surface area (Å²) in [5.74, 6) is 0.264. The van der Waals surface area contributed by atoms with Gasteiger partial charge >= 0.3 is 0 Å². The molecular formula is C18H19BrN6OS. The molecular weight excluding hydrogens is 428 g/mol. The SMILES string of the molecule is CCCCNC(=O)c1nnn(-c2ccc(Br)cc2)c1CSc1ncccn1. The summed E-state index contributed by atoms with van der Waals surface area (Å²) in [5, 5.41) is 11.9. The summed E-state index contributed by atoms with van der Waals surface area (Å²) in [4.78, 5) is 21.0. The Balaban J connectivity index is 1.88. The van der Waals surface area contributed by atoms with Crippen molar-refractivity contribution in [3.8, 4) is 5.69 Å². The molecule has 3 aromatic rings. The molecule has 140 valence electrons. The van der Waals surface area contributed by atoms with Crippen LogP contribution in [0.5, 0.6) is 0 Å². The lowest BCUT2D eigenvalue weighted by atomic mass is 10.2. The number of hydrogen-bond acceptors (Lipinski definition) is 6. The van der Waals surface area contributed by atoms with E-state index in [4.69, 9.17) is 0 Å². The highest BCUT2D eigenvalue weighted by molar-refractivity contribution is 9.10. The quantitative estimate of drug-likeness (QED) is 0.322. The van der Waals surface area contributed by atoms with Crippen LogP contribution in [0.3, 0.4) is 0 Å². The van der Waals surface area contributed by atoms with Crippen LogP contribution in [0.4, 0.5) is 0 Å². The molecule has 0 atom stereocenters. The van der Waals surface area contributed by atoms with Gasteiger partial charge < -0.3 is 5.32 Å². The Morgan fingerprint density at radius 3 is 2.67 bits per heavy atom. The van der Waals surface area contributed by atoms with Crippen LogP contribution in [-0.4, -0.2) is 37.4 Å². The second-order valence-corrected chi connectivity index (χ2v) is 7.56. The minimum absolute atomic E-state index is 0.212. The van der Waals surface area contributed by atoms with Crippen LogP contribution in [0.2, 0.25) is 0 Å². The molecule has 2 heterocycles. The van der Waals surface area contributed by atoms with Gasteiger partial charge in [-0.1, -0.05) is 46.2 Å². The van der Waals surface area contributed by atoms with Crippen LogP contribution in [0.1, 0.15) is 35.9 Å². The normalized spacial score (nSPS) is 10.7. The smallest absolute Gasteiger partial charge is 0.273 e. The molecule has 1 amide bonds. The van der Waals surface area contributed by atoms with Crippen molar-refractivity contribution in [3.63, 3.8) is 0 Å². The number of hydrogen-bond donors (Lipinski definition) is 1. The van der Waals surface area contributed by atoms with Crippen molar-refractivity contribution < 1.29 is 4.79 Å². The average molecular weight is 447 g/mol. The van der Waals surface area contributed by atoms with Gasteiger partial charge in [-0.15, -0.1) is 5.10 Å². The Bertz CT molecular complexity index is 885. The van der Waals surface area contributed by atoms with E-state index in [1.165, 1.54) is 11.8 Å². The van der Waals surface area contributed by atoms with E-state index in [0.717, 1.165) is 23.0 Å². The highest BCUT2D eigenvalue weighted by atomic mass is 79.9. The summed E-state index contributed by atoms with van der Waals surface area (Å²) < 4.78 is 2.66. The van der Waals surface area contributed by atoms with Gasteiger partial charge in [-0.2, -0.15) is 0 Å². The van der Waals surface area contributed by atoms with Gasteiger partial charge in [0.05, 0.1) is 11.4 Å². The summed E-state index contributed by atoms with van der Waals surface area (Å²) in [6, 6.07) is 9.46. The van der Waals surface area contributed by atoms with Crippen molar-refractivity contribution in [1.82, 2.24) is 30.3 Å². The lowest BCUT2D eigenvalue weighted by Crippen LogP contribution is -2.26. The third kappa shape index (κ3) is 5.14. The number of rotatable bonds is 8. The summed E-state index contributed by atoms with van der Waals surface area (Å²) in [5.41, 5.74) is 1.88. The van der Waals surface area contributed by atoms with Crippen LogP contribution in [-0.2, 0) is 5.75 Å². The molecule has 0 spiro atoms. The Morgan fingerprint density at radius 2 is 1.96 bits per heavy atom. The van der Waals surface area contributed by atoms with Crippen molar-refractivity contribution >= 4 is 33.6 Å². The number of unbranched alkanes of at least 4 members (excludes halogenated alkanes) is 1. The fraction of sp³-hybridized carbons (Fsp3) is 0.278. The topological polar surface area (TPSA) is 85.6 Å². The molecule has 7 nitrogen and oxygen atoms in total. The van der Waals surface area contributed by atoms with E-state index in [2.05, 4.69) is 48.5 Å². The summed E-state index contributed by atoms with van der Waals surface area (Å²) in [6.45, 7) is 2.70. The minimum atomic E-state index is -0.212. The molecule has 1 N–H and O–H groups in total. The molecule has 9 heteroatoms. The van der Waals surface area contributed by atoms with Crippen molar-refractivity contribution in [1.29, 1.82) is 0 Å². The van der Waals surface area contributed by atoms with E-state index >= 15 is 0 Å². The predicted octanol–water partition coefficient (Wildman–Crippen LogP) is 3.64. The van der Waals surface area contributed by atoms with Gasteiger partial charge in [0.25, 0.3) is 5.91 Å². The zero-order valence-corrected chi connectivity index (χ0v) is 17.2. The number of halogens is 1. The molecule has 0 unspecified atom stereocenters. The number of aromatic nitrogens is 5. The molecule has 0 aliphatic carbocycles. The maximum atomic E-state index is 12.6. The van der Waals surface area contributed by atoms with E-state index < -0.39 is 0 Å². The van der Waals surface area contributed by atoms with Crippen LogP contribution in [0.15, 0.2) is 52.4 Å². The number of carbonyl (C=O) groups excluding carboxylic acids is 1.